The normalized spacial score (nSPS) is 10.9. The Labute approximate surface area is 143 Å². The summed E-state index contributed by atoms with van der Waals surface area (Å²) < 4.78 is 0. The molecule has 0 fully saturated rings. The van der Waals surface area contributed by atoms with E-state index < -0.39 is 0 Å². The number of carbonyl (C=O) groups is 1. The van der Waals surface area contributed by atoms with Crippen LogP contribution in [0.3, 0.4) is 0 Å². The molecule has 3 aromatic heterocycles. The molecule has 0 saturated heterocycles. The smallest absolute Gasteiger partial charge is 0.253 e. The molecule has 0 bridgehead atoms. The minimum Gasteiger partial charge on any atom is -0.399 e. The number of amides is 1. The van der Waals surface area contributed by atoms with E-state index in [4.69, 9.17) is 5.73 Å². The Morgan fingerprint density at radius 2 is 2.12 bits per heavy atom. The average molecular weight is 332 g/mol. The van der Waals surface area contributed by atoms with Crippen molar-refractivity contribution in [3.63, 3.8) is 0 Å². The highest BCUT2D eigenvalue weighted by Crippen LogP contribution is 2.24. The van der Waals surface area contributed by atoms with Crippen LogP contribution in [0.25, 0.3) is 22.4 Å². The van der Waals surface area contributed by atoms with Crippen molar-refractivity contribution in [2.24, 2.45) is 0 Å². The van der Waals surface area contributed by atoms with Crippen molar-refractivity contribution >= 4 is 22.6 Å². The van der Waals surface area contributed by atoms with Gasteiger partial charge in [-0.25, -0.2) is 4.98 Å². The number of rotatable bonds is 4. The number of H-pyrrole nitrogens is 2. The number of hydrogen-bond acceptors (Lipinski definition) is 4. The van der Waals surface area contributed by atoms with E-state index in [1.54, 1.807) is 18.5 Å². The Kier molecular flexibility index (Phi) is 3.66. The number of fused-ring (bicyclic) bond motifs is 1. The van der Waals surface area contributed by atoms with Crippen LogP contribution in [-0.4, -0.2) is 26.1 Å². The van der Waals surface area contributed by atoms with E-state index in [9.17, 15) is 4.79 Å². The topological polar surface area (TPSA) is 112 Å². The van der Waals surface area contributed by atoms with Crippen LogP contribution in [0.15, 0.2) is 54.9 Å². The SMILES string of the molecule is Nc1cccc(CNC(=O)c2c[nH]c(-c3[nH]nc4ncccc34)c2)c1. The van der Waals surface area contributed by atoms with Crippen molar-refractivity contribution in [2.75, 3.05) is 5.73 Å². The molecule has 25 heavy (non-hydrogen) atoms. The second kappa shape index (κ2) is 6.12. The maximum Gasteiger partial charge on any atom is 0.253 e. The van der Waals surface area contributed by atoms with Gasteiger partial charge in [0.2, 0.25) is 0 Å². The van der Waals surface area contributed by atoms with E-state index in [2.05, 4.69) is 25.5 Å². The third kappa shape index (κ3) is 2.94. The van der Waals surface area contributed by atoms with E-state index in [0.29, 0.717) is 23.4 Å². The lowest BCUT2D eigenvalue weighted by molar-refractivity contribution is 0.0951. The summed E-state index contributed by atoms with van der Waals surface area (Å²) in [5.41, 5.74) is 10.1. The Bertz CT molecular complexity index is 1050. The number of anilines is 1. The summed E-state index contributed by atoms with van der Waals surface area (Å²) in [6.45, 7) is 0.418. The molecule has 1 aromatic carbocycles. The molecule has 0 aliphatic carbocycles. The first kappa shape index (κ1) is 14.9. The predicted octanol–water partition coefficient (Wildman–Crippen LogP) is 2.47. The molecular formula is C18H16N6O. The molecule has 4 aromatic rings. The average Bonchev–Trinajstić information content (AvgIpc) is 3.26. The number of aromatic nitrogens is 4. The lowest BCUT2D eigenvalue weighted by Crippen LogP contribution is -2.22. The minimum atomic E-state index is -0.160. The fraction of sp³-hybridized carbons (Fsp3) is 0.0556. The number of hydrogen-bond donors (Lipinski definition) is 4. The van der Waals surface area contributed by atoms with Gasteiger partial charge in [-0.1, -0.05) is 12.1 Å². The highest BCUT2D eigenvalue weighted by atomic mass is 16.1. The molecule has 124 valence electrons. The zero-order chi connectivity index (χ0) is 17.2. The van der Waals surface area contributed by atoms with Crippen LogP contribution in [0.5, 0.6) is 0 Å². The summed E-state index contributed by atoms with van der Waals surface area (Å²) in [7, 11) is 0. The predicted molar refractivity (Wildman–Crippen MR) is 95.7 cm³/mol. The van der Waals surface area contributed by atoms with Gasteiger partial charge in [0.05, 0.1) is 17.0 Å². The molecule has 0 unspecified atom stereocenters. The largest absolute Gasteiger partial charge is 0.399 e. The molecule has 0 radical (unpaired) electrons. The molecule has 0 spiro atoms. The fourth-order valence-electron chi connectivity index (χ4n) is 2.71. The van der Waals surface area contributed by atoms with Gasteiger partial charge >= 0.3 is 0 Å². The lowest BCUT2D eigenvalue weighted by Gasteiger charge is -2.04. The first-order chi connectivity index (χ1) is 12.2. The summed E-state index contributed by atoms with van der Waals surface area (Å²) in [5, 5.41) is 10.9. The quantitative estimate of drug-likeness (QED) is 0.430. The summed E-state index contributed by atoms with van der Waals surface area (Å²) in [4.78, 5) is 19.7. The van der Waals surface area contributed by atoms with Gasteiger partial charge in [0, 0.05) is 30.0 Å². The lowest BCUT2D eigenvalue weighted by atomic mass is 10.2. The zero-order valence-corrected chi connectivity index (χ0v) is 13.3. The second-order valence-corrected chi connectivity index (χ2v) is 5.70. The summed E-state index contributed by atoms with van der Waals surface area (Å²) in [6.07, 6.45) is 3.37. The molecule has 1 amide bonds. The van der Waals surface area contributed by atoms with Crippen molar-refractivity contribution in [2.45, 2.75) is 6.54 Å². The maximum atomic E-state index is 12.3. The number of aromatic amines is 2. The minimum absolute atomic E-state index is 0.160. The van der Waals surface area contributed by atoms with Crippen LogP contribution < -0.4 is 11.1 Å². The highest BCUT2D eigenvalue weighted by Gasteiger charge is 2.13. The van der Waals surface area contributed by atoms with Crippen LogP contribution in [0.4, 0.5) is 5.69 Å². The summed E-state index contributed by atoms with van der Waals surface area (Å²) in [6, 6.07) is 13.0. The van der Waals surface area contributed by atoms with Crippen LogP contribution >= 0.6 is 0 Å². The van der Waals surface area contributed by atoms with Crippen molar-refractivity contribution in [3.8, 4) is 11.4 Å². The van der Waals surface area contributed by atoms with Gasteiger partial charge in [0.25, 0.3) is 5.91 Å². The number of pyridine rings is 1. The third-order valence-corrected chi connectivity index (χ3v) is 3.95. The van der Waals surface area contributed by atoms with Crippen LogP contribution in [0.1, 0.15) is 15.9 Å². The van der Waals surface area contributed by atoms with Gasteiger partial charge in [-0.15, -0.1) is 0 Å². The Hall–Kier alpha value is -3.61. The first-order valence-electron chi connectivity index (χ1n) is 7.81. The van der Waals surface area contributed by atoms with E-state index in [1.165, 1.54) is 0 Å². The van der Waals surface area contributed by atoms with E-state index in [-0.39, 0.29) is 5.91 Å². The molecule has 0 saturated carbocycles. The van der Waals surface area contributed by atoms with Crippen LogP contribution in [-0.2, 0) is 6.54 Å². The maximum absolute atomic E-state index is 12.3. The van der Waals surface area contributed by atoms with Crippen molar-refractivity contribution in [1.29, 1.82) is 0 Å². The zero-order valence-electron chi connectivity index (χ0n) is 13.3. The summed E-state index contributed by atoms with van der Waals surface area (Å²) in [5.74, 6) is -0.160. The number of nitrogens with one attached hydrogen (secondary N) is 3. The third-order valence-electron chi connectivity index (χ3n) is 3.95. The Balaban J connectivity index is 1.52. The Morgan fingerprint density at radius 1 is 1.20 bits per heavy atom. The molecule has 4 rings (SSSR count). The second-order valence-electron chi connectivity index (χ2n) is 5.70. The van der Waals surface area contributed by atoms with Gasteiger partial charge in [0.1, 0.15) is 0 Å². The van der Waals surface area contributed by atoms with Crippen LogP contribution in [0.2, 0.25) is 0 Å². The number of benzene rings is 1. The molecule has 7 nitrogen and oxygen atoms in total. The highest BCUT2D eigenvalue weighted by molar-refractivity contribution is 5.97. The van der Waals surface area contributed by atoms with Gasteiger partial charge in [-0.05, 0) is 35.9 Å². The number of nitrogens with two attached hydrogens (primary N) is 1. The van der Waals surface area contributed by atoms with Gasteiger partial charge in [-0.3, -0.25) is 9.89 Å². The Morgan fingerprint density at radius 3 is 3.00 bits per heavy atom. The molecule has 3 heterocycles. The van der Waals surface area contributed by atoms with E-state index in [0.717, 1.165) is 22.3 Å². The summed E-state index contributed by atoms with van der Waals surface area (Å²) >= 11 is 0. The first-order valence-corrected chi connectivity index (χ1v) is 7.81. The molecule has 7 heteroatoms. The number of nitrogen functional groups attached to an aromatic ring is 1. The monoisotopic (exact) mass is 332 g/mol. The molecule has 5 N–H and O–H groups in total. The molecule has 0 aliphatic heterocycles. The van der Waals surface area contributed by atoms with Gasteiger partial charge < -0.3 is 16.0 Å². The van der Waals surface area contributed by atoms with Crippen molar-refractivity contribution < 1.29 is 4.79 Å². The van der Waals surface area contributed by atoms with Gasteiger partial charge in [-0.2, -0.15) is 5.10 Å². The van der Waals surface area contributed by atoms with Gasteiger partial charge in [0.15, 0.2) is 5.65 Å². The molecule has 0 atom stereocenters. The molecular weight excluding hydrogens is 316 g/mol. The molecule has 0 aliphatic rings. The fourth-order valence-corrected chi connectivity index (χ4v) is 2.71. The number of carbonyl (C=O) groups excluding carboxylic acids is 1. The standard InChI is InChI=1S/C18H16N6O/c19-13-4-1-3-11(7-13)9-22-18(25)12-8-15(21-10-12)16-14-5-2-6-20-17(14)24-23-16/h1-8,10,21H,9,19H2,(H,22,25)(H,20,23,24). The van der Waals surface area contributed by atoms with E-state index in [1.807, 2.05) is 36.4 Å². The van der Waals surface area contributed by atoms with Crippen molar-refractivity contribution in [3.05, 3.63) is 66.0 Å². The number of nitrogens with zero attached hydrogens (tertiary/aromatic N) is 2. The van der Waals surface area contributed by atoms with E-state index >= 15 is 0 Å². The van der Waals surface area contributed by atoms with Crippen LogP contribution in [0, 0.1) is 0 Å². The van der Waals surface area contributed by atoms with Crippen molar-refractivity contribution in [1.82, 2.24) is 25.5 Å².